The van der Waals surface area contributed by atoms with Gasteiger partial charge in [0.25, 0.3) is 0 Å². The number of nitrogens with zero attached hydrogens (tertiary/aromatic N) is 3. The summed E-state index contributed by atoms with van der Waals surface area (Å²) in [6, 6.07) is 4.01. The summed E-state index contributed by atoms with van der Waals surface area (Å²) in [5.74, 6) is 0. The van der Waals surface area contributed by atoms with E-state index in [0.717, 1.165) is 22.2 Å². The lowest BCUT2D eigenvalue weighted by molar-refractivity contribution is 0.277. The minimum Gasteiger partial charge on any atom is -0.396 e. The van der Waals surface area contributed by atoms with E-state index in [1.807, 2.05) is 29.8 Å². The molecule has 1 aromatic heterocycles. The second kappa shape index (κ2) is 4.45. The van der Waals surface area contributed by atoms with Crippen molar-refractivity contribution in [3.8, 4) is 0 Å². The van der Waals surface area contributed by atoms with Crippen LogP contribution in [0.25, 0.3) is 17.1 Å². The third-order valence-corrected chi connectivity index (χ3v) is 2.73. The van der Waals surface area contributed by atoms with Gasteiger partial charge in [0.2, 0.25) is 0 Å². The van der Waals surface area contributed by atoms with Crippen molar-refractivity contribution in [2.24, 2.45) is 0 Å². The standard InChI is InChI=1S/C12H15N3O/c1-3-10-5-6-11-12(9(10)2)13-14-15(11)7-4-8-16/h3,5-6,16H,1,4,7-8H2,2H3. The second-order valence-electron chi connectivity index (χ2n) is 3.74. The molecule has 0 saturated heterocycles. The molecule has 0 spiro atoms. The van der Waals surface area contributed by atoms with Crippen molar-refractivity contribution in [1.82, 2.24) is 15.0 Å². The molecule has 2 aromatic rings. The van der Waals surface area contributed by atoms with E-state index in [9.17, 15) is 0 Å². The molecule has 0 fully saturated rings. The Kier molecular flexibility index (Phi) is 3.01. The zero-order valence-electron chi connectivity index (χ0n) is 9.35. The number of aliphatic hydroxyl groups is 1. The van der Waals surface area contributed by atoms with Gasteiger partial charge < -0.3 is 5.11 Å². The molecule has 0 saturated carbocycles. The molecule has 0 aliphatic carbocycles. The van der Waals surface area contributed by atoms with E-state index in [1.54, 1.807) is 0 Å². The Morgan fingerprint density at radius 1 is 1.50 bits per heavy atom. The Hall–Kier alpha value is -1.68. The van der Waals surface area contributed by atoms with Gasteiger partial charge in [-0.2, -0.15) is 0 Å². The fourth-order valence-electron chi connectivity index (χ4n) is 1.79. The van der Waals surface area contributed by atoms with E-state index in [-0.39, 0.29) is 6.61 Å². The van der Waals surface area contributed by atoms with Crippen LogP contribution in [0.5, 0.6) is 0 Å². The van der Waals surface area contributed by atoms with Crippen molar-refractivity contribution in [2.75, 3.05) is 6.61 Å². The van der Waals surface area contributed by atoms with Gasteiger partial charge in [-0.1, -0.05) is 23.9 Å². The predicted molar refractivity (Wildman–Crippen MR) is 64.1 cm³/mol. The van der Waals surface area contributed by atoms with Crippen molar-refractivity contribution in [1.29, 1.82) is 0 Å². The summed E-state index contributed by atoms with van der Waals surface area (Å²) in [5.41, 5.74) is 4.11. The van der Waals surface area contributed by atoms with E-state index in [2.05, 4.69) is 16.9 Å². The predicted octanol–water partition coefficient (Wildman–Crippen LogP) is 1.77. The highest BCUT2D eigenvalue weighted by Gasteiger charge is 2.08. The molecule has 2 rings (SSSR count). The summed E-state index contributed by atoms with van der Waals surface area (Å²) in [7, 11) is 0. The molecule has 0 aliphatic heterocycles. The monoisotopic (exact) mass is 217 g/mol. The highest BCUT2D eigenvalue weighted by atomic mass is 16.3. The summed E-state index contributed by atoms with van der Waals surface area (Å²) >= 11 is 0. The summed E-state index contributed by atoms with van der Waals surface area (Å²) in [6.07, 6.45) is 2.52. The van der Waals surface area contributed by atoms with Crippen molar-refractivity contribution in [2.45, 2.75) is 19.9 Å². The van der Waals surface area contributed by atoms with Crippen LogP contribution in [0.1, 0.15) is 17.5 Å². The third-order valence-electron chi connectivity index (χ3n) is 2.73. The molecule has 84 valence electrons. The first-order chi connectivity index (χ1) is 7.77. The van der Waals surface area contributed by atoms with Gasteiger partial charge in [-0.25, -0.2) is 4.68 Å². The third kappa shape index (κ3) is 1.72. The van der Waals surface area contributed by atoms with Gasteiger partial charge in [0.1, 0.15) is 5.52 Å². The van der Waals surface area contributed by atoms with E-state index in [0.29, 0.717) is 13.0 Å². The quantitative estimate of drug-likeness (QED) is 0.849. The van der Waals surface area contributed by atoms with Crippen LogP contribution >= 0.6 is 0 Å². The second-order valence-corrected chi connectivity index (χ2v) is 3.74. The van der Waals surface area contributed by atoms with E-state index in [1.165, 1.54) is 0 Å². The highest BCUT2D eigenvalue weighted by Crippen LogP contribution is 2.20. The van der Waals surface area contributed by atoms with Crippen molar-refractivity contribution in [3.63, 3.8) is 0 Å². The van der Waals surface area contributed by atoms with Crippen LogP contribution in [0.15, 0.2) is 18.7 Å². The first-order valence-corrected chi connectivity index (χ1v) is 5.34. The molecule has 0 bridgehead atoms. The molecule has 16 heavy (non-hydrogen) atoms. The van der Waals surface area contributed by atoms with Gasteiger partial charge >= 0.3 is 0 Å². The number of benzene rings is 1. The molecule has 4 heteroatoms. The summed E-state index contributed by atoms with van der Waals surface area (Å²) in [4.78, 5) is 0. The lowest BCUT2D eigenvalue weighted by atomic mass is 10.1. The molecule has 0 atom stereocenters. The van der Waals surface area contributed by atoms with E-state index < -0.39 is 0 Å². The zero-order valence-corrected chi connectivity index (χ0v) is 9.35. The molecule has 0 radical (unpaired) electrons. The number of aliphatic hydroxyl groups excluding tert-OH is 1. The van der Waals surface area contributed by atoms with Crippen LogP contribution in [0, 0.1) is 6.92 Å². The number of aryl methyl sites for hydroxylation is 2. The number of hydrogen-bond acceptors (Lipinski definition) is 3. The van der Waals surface area contributed by atoms with Crippen LogP contribution in [0.4, 0.5) is 0 Å². The summed E-state index contributed by atoms with van der Waals surface area (Å²) in [5, 5.41) is 17.1. The molecule has 4 nitrogen and oxygen atoms in total. The molecule has 1 heterocycles. The topological polar surface area (TPSA) is 50.9 Å². The van der Waals surface area contributed by atoms with Crippen LogP contribution < -0.4 is 0 Å². The van der Waals surface area contributed by atoms with Crippen LogP contribution in [-0.2, 0) is 6.54 Å². The SMILES string of the molecule is C=Cc1ccc2c(nnn2CCCO)c1C. The van der Waals surface area contributed by atoms with E-state index >= 15 is 0 Å². The van der Waals surface area contributed by atoms with Gasteiger partial charge in [0.05, 0.1) is 5.52 Å². The first-order valence-electron chi connectivity index (χ1n) is 5.34. The summed E-state index contributed by atoms with van der Waals surface area (Å²) < 4.78 is 1.82. The average molecular weight is 217 g/mol. The van der Waals surface area contributed by atoms with Gasteiger partial charge in [-0.15, -0.1) is 5.10 Å². The number of fused-ring (bicyclic) bond motifs is 1. The number of aromatic nitrogens is 3. The lowest BCUT2D eigenvalue weighted by Crippen LogP contribution is -2.02. The Balaban J connectivity index is 2.49. The van der Waals surface area contributed by atoms with Crippen molar-refractivity contribution < 1.29 is 5.11 Å². The van der Waals surface area contributed by atoms with Crippen LogP contribution in [0.2, 0.25) is 0 Å². The molecule has 0 amide bonds. The normalized spacial score (nSPS) is 10.9. The largest absolute Gasteiger partial charge is 0.396 e. The number of hydrogen-bond donors (Lipinski definition) is 1. The molecule has 0 unspecified atom stereocenters. The van der Waals surface area contributed by atoms with Gasteiger partial charge in [0.15, 0.2) is 0 Å². The Morgan fingerprint density at radius 2 is 2.31 bits per heavy atom. The Labute approximate surface area is 94.2 Å². The molecule has 1 aromatic carbocycles. The fourth-order valence-corrected chi connectivity index (χ4v) is 1.79. The maximum atomic E-state index is 8.80. The van der Waals surface area contributed by atoms with Gasteiger partial charge in [-0.05, 0) is 30.5 Å². The van der Waals surface area contributed by atoms with E-state index in [4.69, 9.17) is 5.11 Å². The smallest absolute Gasteiger partial charge is 0.116 e. The van der Waals surface area contributed by atoms with Crippen LogP contribution in [-0.4, -0.2) is 26.7 Å². The molecular weight excluding hydrogens is 202 g/mol. The first kappa shape index (κ1) is 10.8. The maximum Gasteiger partial charge on any atom is 0.116 e. The Bertz CT molecular complexity index is 516. The molecule has 0 aliphatic rings. The minimum atomic E-state index is 0.172. The lowest BCUT2D eigenvalue weighted by Gasteiger charge is -2.02. The van der Waals surface area contributed by atoms with Gasteiger partial charge in [0, 0.05) is 13.2 Å². The fraction of sp³-hybridized carbons (Fsp3) is 0.333. The summed E-state index contributed by atoms with van der Waals surface area (Å²) in [6.45, 7) is 6.65. The minimum absolute atomic E-state index is 0.172. The Morgan fingerprint density at radius 3 is 3.00 bits per heavy atom. The maximum absolute atomic E-state index is 8.80. The number of rotatable bonds is 4. The van der Waals surface area contributed by atoms with Crippen molar-refractivity contribution >= 4 is 17.1 Å². The van der Waals surface area contributed by atoms with Crippen molar-refractivity contribution in [3.05, 3.63) is 29.8 Å². The van der Waals surface area contributed by atoms with Gasteiger partial charge in [-0.3, -0.25) is 0 Å². The van der Waals surface area contributed by atoms with Crippen LogP contribution in [0.3, 0.4) is 0 Å². The zero-order chi connectivity index (χ0) is 11.5. The molecule has 1 N–H and O–H groups in total. The molecular formula is C12H15N3O. The highest BCUT2D eigenvalue weighted by molar-refractivity contribution is 5.81. The average Bonchev–Trinajstić information content (AvgIpc) is 2.71.